The van der Waals surface area contributed by atoms with Gasteiger partial charge in [-0.3, -0.25) is 4.79 Å². The summed E-state index contributed by atoms with van der Waals surface area (Å²) in [7, 11) is 0. The minimum absolute atomic E-state index is 0.0780. The van der Waals surface area contributed by atoms with E-state index in [1.165, 1.54) is 6.33 Å². The van der Waals surface area contributed by atoms with Crippen LogP contribution < -0.4 is 9.80 Å². The second-order valence-corrected chi connectivity index (χ2v) is 7.84. The zero-order chi connectivity index (χ0) is 21.0. The molecule has 0 aromatic carbocycles. The number of hydrogen-bond donors (Lipinski definition) is 0. The Labute approximate surface area is 180 Å². The first-order valence-electron chi connectivity index (χ1n) is 10.6. The summed E-state index contributed by atoms with van der Waals surface area (Å²) in [6, 6.07) is 7.86. The molecular weight excluding hydrogens is 394 g/mol. The third-order valence-electron chi connectivity index (χ3n) is 6.02. The Hall–Kier alpha value is -3.56. The van der Waals surface area contributed by atoms with E-state index in [1.54, 1.807) is 17.3 Å². The molecule has 2 fully saturated rings. The lowest BCUT2D eigenvalue weighted by Gasteiger charge is -2.39. The lowest BCUT2D eigenvalue weighted by Crippen LogP contribution is -2.52. The number of carbonyl (C=O) groups excluding carboxylic acids is 1. The molecule has 0 atom stereocenters. The van der Waals surface area contributed by atoms with Crippen molar-refractivity contribution in [2.45, 2.75) is 12.8 Å². The Bertz CT molecular complexity index is 995. The van der Waals surface area contributed by atoms with Crippen molar-refractivity contribution in [1.29, 1.82) is 0 Å². The standard InChI is InChI=1S/C21H25N9O/c31-21(29-11-9-28(10-12-29)18-3-1-2-6-23-18)17-4-7-27(8-5-17)19-13-20(25-15-24-19)30-16-22-14-26-30/h1-3,6,13-17H,4-5,7-12H2. The number of piperidine rings is 1. The van der Waals surface area contributed by atoms with Crippen LogP contribution in [0.5, 0.6) is 0 Å². The number of piperazine rings is 1. The zero-order valence-electron chi connectivity index (χ0n) is 17.3. The van der Waals surface area contributed by atoms with Crippen LogP contribution in [-0.2, 0) is 4.79 Å². The molecule has 10 heteroatoms. The van der Waals surface area contributed by atoms with E-state index in [1.807, 2.05) is 35.4 Å². The van der Waals surface area contributed by atoms with Crippen LogP contribution in [0.4, 0.5) is 11.6 Å². The third kappa shape index (κ3) is 4.18. The molecule has 31 heavy (non-hydrogen) atoms. The van der Waals surface area contributed by atoms with Crippen LogP contribution in [0.25, 0.3) is 5.82 Å². The van der Waals surface area contributed by atoms with Crippen molar-refractivity contribution in [3.8, 4) is 5.82 Å². The fraction of sp³-hybridized carbons (Fsp3) is 0.429. The summed E-state index contributed by atoms with van der Waals surface area (Å²) < 4.78 is 1.62. The van der Waals surface area contributed by atoms with Gasteiger partial charge in [-0.1, -0.05) is 6.07 Å². The first-order valence-corrected chi connectivity index (χ1v) is 10.6. The van der Waals surface area contributed by atoms with Crippen molar-refractivity contribution in [2.24, 2.45) is 5.92 Å². The van der Waals surface area contributed by atoms with Gasteiger partial charge in [-0.25, -0.2) is 24.6 Å². The van der Waals surface area contributed by atoms with E-state index >= 15 is 0 Å². The van der Waals surface area contributed by atoms with Gasteiger partial charge in [0.05, 0.1) is 0 Å². The van der Waals surface area contributed by atoms with Gasteiger partial charge in [-0.15, -0.1) is 0 Å². The lowest BCUT2D eigenvalue weighted by atomic mass is 9.95. The van der Waals surface area contributed by atoms with Crippen LogP contribution >= 0.6 is 0 Å². The summed E-state index contributed by atoms with van der Waals surface area (Å²) in [4.78, 5) is 36.6. The molecule has 2 aliphatic rings. The van der Waals surface area contributed by atoms with Gasteiger partial charge in [0.15, 0.2) is 5.82 Å². The Balaban J connectivity index is 1.15. The molecule has 3 aromatic rings. The first kappa shape index (κ1) is 19.4. The minimum atomic E-state index is 0.0780. The molecule has 0 unspecified atom stereocenters. The quantitative estimate of drug-likeness (QED) is 0.618. The Morgan fingerprint density at radius 3 is 2.32 bits per heavy atom. The van der Waals surface area contributed by atoms with Crippen LogP contribution in [0.2, 0.25) is 0 Å². The van der Waals surface area contributed by atoms with Crippen molar-refractivity contribution in [1.82, 2.24) is 34.6 Å². The summed E-state index contributed by atoms with van der Waals surface area (Å²) in [6.45, 7) is 4.77. The van der Waals surface area contributed by atoms with Gasteiger partial charge in [0, 0.05) is 57.4 Å². The monoisotopic (exact) mass is 419 g/mol. The fourth-order valence-electron chi connectivity index (χ4n) is 4.27. The SMILES string of the molecule is O=C(C1CCN(c2cc(-n3cncn3)ncn2)CC1)N1CCN(c2ccccn2)CC1. The molecule has 5 heterocycles. The predicted molar refractivity (Wildman–Crippen MR) is 115 cm³/mol. The van der Waals surface area contributed by atoms with Crippen LogP contribution in [0.3, 0.4) is 0 Å². The van der Waals surface area contributed by atoms with Crippen LogP contribution in [0, 0.1) is 5.92 Å². The lowest BCUT2D eigenvalue weighted by molar-refractivity contribution is -0.136. The third-order valence-corrected chi connectivity index (χ3v) is 6.02. The van der Waals surface area contributed by atoms with Crippen LogP contribution in [0.15, 0.2) is 49.4 Å². The molecular formula is C21H25N9O. The van der Waals surface area contributed by atoms with Gasteiger partial charge in [0.2, 0.25) is 5.91 Å². The second kappa shape index (κ2) is 8.66. The van der Waals surface area contributed by atoms with Crippen molar-refractivity contribution >= 4 is 17.5 Å². The number of pyridine rings is 1. The maximum Gasteiger partial charge on any atom is 0.225 e. The molecule has 0 spiro atoms. The molecule has 0 bridgehead atoms. The van der Waals surface area contributed by atoms with E-state index in [-0.39, 0.29) is 11.8 Å². The summed E-state index contributed by atoms with van der Waals surface area (Å²) in [6.07, 6.45) is 8.13. The van der Waals surface area contributed by atoms with Gasteiger partial charge in [-0.05, 0) is 25.0 Å². The topological polar surface area (TPSA) is 96.2 Å². The zero-order valence-corrected chi connectivity index (χ0v) is 17.3. The molecule has 10 nitrogen and oxygen atoms in total. The maximum atomic E-state index is 13.1. The number of nitrogens with zero attached hydrogens (tertiary/aromatic N) is 9. The van der Waals surface area contributed by atoms with E-state index in [0.717, 1.165) is 63.7 Å². The first-order chi connectivity index (χ1) is 15.3. The molecule has 0 saturated carbocycles. The summed E-state index contributed by atoms with van der Waals surface area (Å²) in [5.41, 5.74) is 0. The van der Waals surface area contributed by atoms with E-state index in [4.69, 9.17) is 0 Å². The highest BCUT2D eigenvalue weighted by Gasteiger charge is 2.31. The smallest absolute Gasteiger partial charge is 0.225 e. The van der Waals surface area contributed by atoms with E-state index in [2.05, 4.69) is 34.8 Å². The van der Waals surface area contributed by atoms with Crippen LogP contribution in [-0.4, -0.2) is 79.8 Å². The number of amides is 1. The molecule has 0 radical (unpaired) electrons. The minimum Gasteiger partial charge on any atom is -0.356 e. The van der Waals surface area contributed by atoms with Crippen molar-refractivity contribution in [3.63, 3.8) is 0 Å². The van der Waals surface area contributed by atoms with E-state index in [9.17, 15) is 4.79 Å². The predicted octanol–water partition coefficient (Wildman–Crippen LogP) is 1.02. The number of rotatable bonds is 4. The maximum absolute atomic E-state index is 13.1. The van der Waals surface area contributed by atoms with Crippen molar-refractivity contribution in [3.05, 3.63) is 49.4 Å². The molecule has 2 saturated heterocycles. The molecule has 1 amide bonds. The Morgan fingerprint density at radius 1 is 0.839 bits per heavy atom. The normalized spacial score (nSPS) is 17.7. The van der Waals surface area contributed by atoms with Gasteiger partial charge in [0.1, 0.15) is 30.6 Å². The Kier molecular flexibility index (Phi) is 5.42. The number of hydrogen-bond acceptors (Lipinski definition) is 8. The van der Waals surface area contributed by atoms with Gasteiger partial charge < -0.3 is 14.7 Å². The van der Waals surface area contributed by atoms with Crippen molar-refractivity contribution in [2.75, 3.05) is 49.1 Å². The second-order valence-electron chi connectivity index (χ2n) is 7.84. The summed E-state index contributed by atoms with van der Waals surface area (Å²) in [5.74, 6) is 2.89. The van der Waals surface area contributed by atoms with E-state index in [0.29, 0.717) is 5.82 Å². The molecule has 3 aromatic heterocycles. The van der Waals surface area contributed by atoms with Crippen molar-refractivity contribution < 1.29 is 4.79 Å². The largest absolute Gasteiger partial charge is 0.356 e. The van der Waals surface area contributed by atoms with Gasteiger partial charge >= 0.3 is 0 Å². The number of carbonyl (C=O) groups is 1. The highest BCUT2D eigenvalue weighted by Crippen LogP contribution is 2.25. The fourth-order valence-corrected chi connectivity index (χ4v) is 4.27. The highest BCUT2D eigenvalue weighted by molar-refractivity contribution is 5.79. The van der Waals surface area contributed by atoms with Gasteiger partial charge in [0.25, 0.3) is 0 Å². The summed E-state index contributed by atoms with van der Waals surface area (Å²) >= 11 is 0. The number of anilines is 2. The Morgan fingerprint density at radius 2 is 1.61 bits per heavy atom. The molecule has 0 aliphatic carbocycles. The molecule has 160 valence electrons. The van der Waals surface area contributed by atoms with E-state index < -0.39 is 0 Å². The molecule has 0 N–H and O–H groups in total. The van der Waals surface area contributed by atoms with Gasteiger partial charge in [-0.2, -0.15) is 5.10 Å². The average Bonchev–Trinajstić information content (AvgIpc) is 3.40. The summed E-state index contributed by atoms with van der Waals surface area (Å²) in [5, 5.41) is 4.12. The number of aromatic nitrogens is 6. The highest BCUT2D eigenvalue weighted by atomic mass is 16.2. The molecule has 5 rings (SSSR count). The van der Waals surface area contributed by atoms with Crippen LogP contribution in [0.1, 0.15) is 12.8 Å². The molecule has 2 aliphatic heterocycles. The average molecular weight is 419 g/mol.